The van der Waals surface area contributed by atoms with E-state index in [0.29, 0.717) is 25.2 Å². The second-order valence-electron chi connectivity index (χ2n) is 9.54. The monoisotopic (exact) mass is 389 g/mol. The molecule has 28 heavy (non-hydrogen) atoms. The van der Waals surface area contributed by atoms with Gasteiger partial charge in [0.1, 0.15) is 6.61 Å². The van der Waals surface area contributed by atoms with Gasteiger partial charge in [-0.15, -0.1) is 13.2 Å². The van der Waals surface area contributed by atoms with Crippen molar-refractivity contribution < 1.29 is 14.3 Å². The number of hydrogen-bond acceptors (Lipinski definition) is 3. The zero-order valence-electron chi connectivity index (χ0n) is 18.2. The summed E-state index contributed by atoms with van der Waals surface area (Å²) in [6.07, 6.45) is 9.28. The molecule has 3 fully saturated rings. The molecule has 1 saturated heterocycles. The number of nitrogens with zero attached hydrogens (tertiary/aromatic N) is 1. The molecule has 0 aromatic carbocycles. The van der Waals surface area contributed by atoms with Crippen molar-refractivity contribution in [1.82, 2.24) is 4.90 Å². The fraction of sp³-hybridized carbons (Fsp3) is 0.792. The lowest BCUT2D eigenvalue weighted by Crippen LogP contribution is -2.45. The Hall–Kier alpha value is -1.29. The summed E-state index contributed by atoms with van der Waals surface area (Å²) in [7, 11) is 0. The van der Waals surface area contributed by atoms with Crippen molar-refractivity contribution in [2.75, 3.05) is 13.2 Å². The number of hydrogen-bond donors (Lipinski definition) is 0. The molecule has 2 saturated carbocycles. The number of ether oxygens (including phenoxy) is 2. The maximum absolute atomic E-state index is 12.9. The summed E-state index contributed by atoms with van der Waals surface area (Å²) in [5, 5.41) is 0. The Bertz CT molecular complexity index is 580. The first-order chi connectivity index (χ1) is 13.4. The highest BCUT2D eigenvalue weighted by Crippen LogP contribution is 2.55. The third-order valence-electron chi connectivity index (χ3n) is 7.97. The third-order valence-corrected chi connectivity index (χ3v) is 7.97. The van der Waals surface area contributed by atoms with Crippen LogP contribution < -0.4 is 0 Å². The van der Waals surface area contributed by atoms with Gasteiger partial charge in [-0.25, -0.2) is 4.79 Å². The topological polar surface area (TPSA) is 38.8 Å². The zero-order chi connectivity index (χ0) is 20.5. The molecule has 7 atom stereocenters. The summed E-state index contributed by atoms with van der Waals surface area (Å²) in [5.74, 6) is 3.14. The van der Waals surface area contributed by atoms with Gasteiger partial charge in [0, 0.05) is 11.5 Å². The molecular weight excluding hydrogens is 350 g/mol. The normalized spacial score (nSPS) is 37.3. The number of rotatable bonds is 8. The SMILES string of the molecule is C=CC(C=C)(CC)COC(=O)N1[C@H](C)C[C@H](C)[C@@H]1CO[C@H]1CCC2C(C)C2C1. The molecule has 2 aliphatic carbocycles. The minimum Gasteiger partial charge on any atom is -0.448 e. The number of carbonyl (C=O) groups excluding carboxylic acids is 1. The molecule has 4 nitrogen and oxygen atoms in total. The van der Waals surface area contributed by atoms with E-state index in [1.165, 1.54) is 19.3 Å². The van der Waals surface area contributed by atoms with E-state index in [-0.39, 0.29) is 23.6 Å². The van der Waals surface area contributed by atoms with Crippen molar-refractivity contribution in [3.8, 4) is 0 Å². The van der Waals surface area contributed by atoms with E-state index >= 15 is 0 Å². The van der Waals surface area contributed by atoms with Crippen LogP contribution in [0.3, 0.4) is 0 Å². The molecule has 3 rings (SSSR count). The Morgan fingerprint density at radius 2 is 1.86 bits per heavy atom. The summed E-state index contributed by atoms with van der Waals surface area (Å²) in [4.78, 5) is 14.9. The first-order valence-electron chi connectivity index (χ1n) is 11.2. The van der Waals surface area contributed by atoms with E-state index in [2.05, 4.69) is 40.9 Å². The Balaban J connectivity index is 1.56. The van der Waals surface area contributed by atoms with Crippen LogP contribution >= 0.6 is 0 Å². The van der Waals surface area contributed by atoms with Gasteiger partial charge in [0.2, 0.25) is 0 Å². The van der Waals surface area contributed by atoms with E-state index in [0.717, 1.165) is 30.6 Å². The summed E-state index contributed by atoms with van der Waals surface area (Å²) < 4.78 is 12.1. The van der Waals surface area contributed by atoms with Gasteiger partial charge in [0.15, 0.2) is 0 Å². The van der Waals surface area contributed by atoms with Gasteiger partial charge in [-0.2, -0.15) is 0 Å². The van der Waals surface area contributed by atoms with Gasteiger partial charge in [-0.1, -0.05) is 32.9 Å². The molecule has 3 aliphatic rings. The van der Waals surface area contributed by atoms with Crippen LogP contribution in [0.15, 0.2) is 25.3 Å². The molecule has 0 N–H and O–H groups in total. The molecule has 1 heterocycles. The van der Waals surface area contributed by atoms with Crippen LogP contribution in [0, 0.1) is 29.1 Å². The largest absolute Gasteiger partial charge is 0.448 e. The van der Waals surface area contributed by atoms with Crippen molar-refractivity contribution in [2.24, 2.45) is 29.1 Å². The average molecular weight is 390 g/mol. The third kappa shape index (κ3) is 4.17. The van der Waals surface area contributed by atoms with Gasteiger partial charge < -0.3 is 9.47 Å². The second kappa shape index (κ2) is 8.61. The second-order valence-corrected chi connectivity index (χ2v) is 9.54. The number of amides is 1. The van der Waals surface area contributed by atoms with E-state index in [4.69, 9.17) is 9.47 Å². The van der Waals surface area contributed by atoms with E-state index in [1.807, 2.05) is 17.1 Å². The Morgan fingerprint density at radius 1 is 1.14 bits per heavy atom. The molecule has 0 spiro atoms. The van der Waals surface area contributed by atoms with Crippen LogP contribution in [-0.4, -0.2) is 42.4 Å². The van der Waals surface area contributed by atoms with Crippen LogP contribution in [0.1, 0.15) is 59.8 Å². The maximum Gasteiger partial charge on any atom is 0.410 e. The van der Waals surface area contributed by atoms with Crippen molar-refractivity contribution in [3.63, 3.8) is 0 Å². The van der Waals surface area contributed by atoms with Crippen LogP contribution in [0.25, 0.3) is 0 Å². The van der Waals surface area contributed by atoms with Crippen molar-refractivity contribution in [3.05, 3.63) is 25.3 Å². The predicted molar refractivity (Wildman–Crippen MR) is 113 cm³/mol. The van der Waals surface area contributed by atoms with Crippen LogP contribution in [0.5, 0.6) is 0 Å². The molecular formula is C24H39NO3. The average Bonchev–Trinajstić information content (AvgIpc) is 3.24. The van der Waals surface area contributed by atoms with E-state index < -0.39 is 0 Å². The van der Waals surface area contributed by atoms with Gasteiger partial charge >= 0.3 is 6.09 Å². The summed E-state index contributed by atoms with van der Waals surface area (Å²) >= 11 is 0. The first kappa shape index (κ1) is 21.4. The Labute approximate surface area is 171 Å². The molecule has 1 aliphatic heterocycles. The molecule has 0 bridgehead atoms. The fourth-order valence-corrected chi connectivity index (χ4v) is 5.52. The van der Waals surface area contributed by atoms with Crippen LogP contribution in [-0.2, 0) is 9.47 Å². The highest BCUT2D eigenvalue weighted by atomic mass is 16.6. The van der Waals surface area contributed by atoms with E-state index in [9.17, 15) is 4.79 Å². The van der Waals surface area contributed by atoms with Gasteiger partial charge in [-0.3, -0.25) is 4.90 Å². The molecule has 4 heteroatoms. The number of carbonyl (C=O) groups is 1. The van der Waals surface area contributed by atoms with Crippen molar-refractivity contribution in [1.29, 1.82) is 0 Å². The molecule has 1 amide bonds. The molecule has 0 aromatic rings. The summed E-state index contributed by atoms with van der Waals surface area (Å²) in [6.45, 7) is 17.5. The lowest BCUT2D eigenvalue weighted by molar-refractivity contribution is -0.0147. The molecule has 0 aromatic heterocycles. The maximum atomic E-state index is 12.9. The quantitative estimate of drug-likeness (QED) is 0.519. The highest BCUT2D eigenvalue weighted by molar-refractivity contribution is 5.69. The molecule has 3 unspecified atom stereocenters. The standard InChI is InChI=1S/C24H39NO3/c1-7-24(8-2,9-3)15-28-23(26)25-17(5)12-16(4)22(25)14-27-19-10-11-20-18(6)21(20)13-19/h7-8,16-22H,1-2,9-15H2,3-6H3/t16-,17+,18?,19-,20?,21?,22-/m0/s1. The molecule has 0 radical (unpaired) electrons. The Morgan fingerprint density at radius 3 is 2.46 bits per heavy atom. The van der Waals surface area contributed by atoms with Gasteiger partial charge in [0.05, 0.1) is 18.8 Å². The molecule has 158 valence electrons. The Kier molecular flexibility index (Phi) is 6.58. The van der Waals surface area contributed by atoms with Gasteiger partial charge in [0.25, 0.3) is 0 Å². The lowest BCUT2D eigenvalue weighted by Gasteiger charge is -2.32. The zero-order valence-corrected chi connectivity index (χ0v) is 18.2. The summed E-state index contributed by atoms with van der Waals surface area (Å²) in [5.41, 5.74) is -0.351. The van der Waals surface area contributed by atoms with Crippen molar-refractivity contribution in [2.45, 2.75) is 78.0 Å². The minimum atomic E-state index is -0.351. The lowest BCUT2D eigenvalue weighted by atomic mass is 9.86. The smallest absolute Gasteiger partial charge is 0.410 e. The summed E-state index contributed by atoms with van der Waals surface area (Å²) in [6, 6.07) is 0.277. The van der Waals surface area contributed by atoms with Crippen LogP contribution in [0.4, 0.5) is 4.79 Å². The first-order valence-corrected chi connectivity index (χ1v) is 11.2. The van der Waals surface area contributed by atoms with Crippen molar-refractivity contribution >= 4 is 6.09 Å². The number of likely N-dealkylation sites (tertiary alicyclic amines) is 1. The van der Waals surface area contributed by atoms with Gasteiger partial charge in [-0.05, 0) is 62.7 Å². The fourth-order valence-electron chi connectivity index (χ4n) is 5.52. The minimum absolute atomic E-state index is 0.0975. The highest BCUT2D eigenvalue weighted by Gasteiger charge is 2.50. The van der Waals surface area contributed by atoms with E-state index in [1.54, 1.807) is 0 Å². The predicted octanol–water partition coefficient (Wildman–Crippen LogP) is 5.44. The number of fused-ring (bicyclic) bond motifs is 1. The van der Waals surface area contributed by atoms with Crippen LogP contribution in [0.2, 0.25) is 0 Å².